The Kier molecular flexibility index (Phi) is 6.80. The molecule has 1 aliphatic rings. The van der Waals surface area contributed by atoms with Gasteiger partial charge in [0.1, 0.15) is 0 Å². The fourth-order valence-corrected chi connectivity index (χ4v) is 4.00. The van der Waals surface area contributed by atoms with Crippen molar-refractivity contribution in [1.29, 1.82) is 0 Å². The monoisotopic (exact) mass is 371 g/mol. The van der Waals surface area contributed by atoms with Crippen LogP contribution in [0, 0.1) is 0 Å². The fourth-order valence-electron chi connectivity index (χ4n) is 3.29. The second-order valence-electron chi connectivity index (χ2n) is 6.52. The summed E-state index contributed by atoms with van der Waals surface area (Å²) in [5, 5.41) is 9.68. The van der Waals surface area contributed by atoms with Crippen LogP contribution in [-0.4, -0.2) is 42.9 Å². The van der Waals surface area contributed by atoms with Crippen molar-refractivity contribution in [3.8, 4) is 0 Å². The average Bonchev–Trinajstić information content (AvgIpc) is 3.37. The number of hydrogen-bond acceptors (Lipinski definition) is 4. The molecule has 26 heavy (non-hydrogen) atoms. The summed E-state index contributed by atoms with van der Waals surface area (Å²) in [5.74, 6) is -1.12. The largest absolute Gasteiger partial charge is 0.348 e. The number of rotatable bonds is 7. The van der Waals surface area contributed by atoms with Gasteiger partial charge in [0.2, 0.25) is 0 Å². The van der Waals surface area contributed by atoms with E-state index in [4.69, 9.17) is 0 Å². The van der Waals surface area contributed by atoms with Gasteiger partial charge in [0.15, 0.2) is 0 Å². The van der Waals surface area contributed by atoms with Gasteiger partial charge in [0, 0.05) is 13.1 Å². The fraction of sp³-hybridized carbons (Fsp3) is 0.400. The smallest absolute Gasteiger partial charge is 0.309 e. The molecular weight excluding hydrogens is 346 g/mol. The molecule has 138 valence electrons. The molecule has 0 bridgehead atoms. The van der Waals surface area contributed by atoms with Crippen molar-refractivity contribution in [3.05, 3.63) is 58.3 Å². The number of nitrogens with one attached hydrogen (secondary N) is 2. The van der Waals surface area contributed by atoms with E-state index in [1.54, 1.807) is 11.3 Å². The van der Waals surface area contributed by atoms with E-state index in [-0.39, 0.29) is 6.04 Å². The van der Waals surface area contributed by atoms with Crippen LogP contribution in [0.1, 0.15) is 30.0 Å². The molecule has 5 nitrogen and oxygen atoms in total. The van der Waals surface area contributed by atoms with Crippen LogP contribution >= 0.6 is 11.3 Å². The number of nitrogens with zero attached hydrogens (tertiary/aromatic N) is 1. The second kappa shape index (κ2) is 9.50. The highest BCUT2D eigenvalue weighted by atomic mass is 32.1. The minimum atomic E-state index is -0.563. The minimum absolute atomic E-state index is 0.143. The highest BCUT2D eigenvalue weighted by Crippen LogP contribution is 2.26. The topological polar surface area (TPSA) is 61.4 Å². The first kappa shape index (κ1) is 18.6. The molecular formula is C20H25N3O2S. The molecule has 0 saturated carbocycles. The average molecular weight is 372 g/mol. The van der Waals surface area contributed by atoms with Crippen molar-refractivity contribution < 1.29 is 9.59 Å². The van der Waals surface area contributed by atoms with Crippen LogP contribution in [0.4, 0.5) is 0 Å². The maximum atomic E-state index is 12.1. The molecule has 6 heteroatoms. The maximum Gasteiger partial charge on any atom is 0.309 e. The van der Waals surface area contributed by atoms with Crippen LogP contribution in [0.25, 0.3) is 0 Å². The maximum absolute atomic E-state index is 12.1. The lowest BCUT2D eigenvalue weighted by molar-refractivity contribution is -0.139. The van der Waals surface area contributed by atoms with Crippen LogP contribution < -0.4 is 10.6 Å². The van der Waals surface area contributed by atoms with E-state index in [0.717, 1.165) is 18.7 Å². The van der Waals surface area contributed by atoms with E-state index >= 15 is 0 Å². The lowest BCUT2D eigenvalue weighted by atomic mass is 10.1. The van der Waals surface area contributed by atoms with Gasteiger partial charge in [-0.1, -0.05) is 30.3 Å². The summed E-state index contributed by atoms with van der Waals surface area (Å²) in [5.41, 5.74) is 2.35. The number of benzene rings is 1. The summed E-state index contributed by atoms with van der Waals surface area (Å²) < 4.78 is 0. The third-order valence-corrected chi connectivity index (χ3v) is 5.42. The van der Waals surface area contributed by atoms with Crippen molar-refractivity contribution in [2.24, 2.45) is 0 Å². The molecule has 3 rings (SSSR count). The minimum Gasteiger partial charge on any atom is -0.348 e. The highest BCUT2D eigenvalue weighted by Gasteiger charge is 2.25. The summed E-state index contributed by atoms with van der Waals surface area (Å²) in [7, 11) is 0. The highest BCUT2D eigenvalue weighted by molar-refractivity contribution is 7.07. The zero-order valence-electron chi connectivity index (χ0n) is 14.8. The van der Waals surface area contributed by atoms with E-state index in [1.165, 1.54) is 18.4 Å². The first-order valence-electron chi connectivity index (χ1n) is 9.10. The van der Waals surface area contributed by atoms with Gasteiger partial charge >= 0.3 is 11.8 Å². The van der Waals surface area contributed by atoms with Gasteiger partial charge in [-0.2, -0.15) is 11.3 Å². The van der Waals surface area contributed by atoms with Gasteiger partial charge in [-0.05, 0) is 60.3 Å². The third-order valence-electron chi connectivity index (χ3n) is 4.71. The van der Waals surface area contributed by atoms with Crippen molar-refractivity contribution in [1.82, 2.24) is 15.5 Å². The lowest BCUT2D eigenvalue weighted by Gasteiger charge is -2.27. The molecule has 1 atom stereocenters. The van der Waals surface area contributed by atoms with Crippen LogP contribution in [-0.2, 0) is 16.0 Å². The molecule has 1 aromatic heterocycles. The molecule has 0 unspecified atom stereocenters. The molecule has 1 aromatic carbocycles. The molecule has 2 N–H and O–H groups in total. The Balaban J connectivity index is 1.46. The Morgan fingerprint density at radius 3 is 2.46 bits per heavy atom. The number of hydrogen-bond donors (Lipinski definition) is 2. The summed E-state index contributed by atoms with van der Waals surface area (Å²) in [4.78, 5) is 26.5. The van der Waals surface area contributed by atoms with E-state index in [0.29, 0.717) is 19.5 Å². The predicted octanol–water partition coefficient (Wildman–Crippen LogP) is 2.36. The molecule has 1 fully saturated rings. The van der Waals surface area contributed by atoms with Gasteiger partial charge in [-0.3, -0.25) is 14.5 Å². The quantitative estimate of drug-likeness (QED) is 0.735. The molecule has 0 radical (unpaired) electrons. The molecule has 2 heterocycles. The number of thiophene rings is 1. The van der Waals surface area contributed by atoms with Crippen molar-refractivity contribution >= 4 is 23.2 Å². The van der Waals surface area contributed by atoms with Crippen molar-refractivity contribution in [2.75, 3.05) is 26.2 Å². The third kappa shape index (κ3) is 5.16. The van der Waals surface area contributed by atoms with Crippen LogP contribution in [0.2, 0.25) is 0 Å². The first-order valence-corrected chi connectivity index (χ1v) is 10.0. The number of carbonyl (C=O) groups excluding carboxylic acids is 2. The molecule has 0 spiro atoms. The van der Waals surface area contributed by atoms with Crippen molar-refractivity contribution in [3.63, 3.8) is 0 Å². The Morgan fingerprint density at radius 2 is 1.77 bits per heavy atom. The Morgan fingerprint density at radius 1 is 1.04 bits per heavy atom. The summed E-state index contributed by atoms with van der Waals surface area (Å²) >= 11 is 1.66. The molecule has 1 saturated heterocycles. The normalized spacial score (nSPS) is 15.5. The van der Waals surface area contributed by atoms with E-state index in [9.17, 15) is 9.59 Å². The van der Waals surface area contributed by atoms with Gasteiger partial charge in [0.25, 0.3) is 0 Å². The number of amides is 2. The van der Waals surface area contributed by atoms with Crippen LogP contribution in [0.3, 0.4) is 0 Å². The summed E-state index contributed by atoms with van der Waals surface area (Å²) in [6.45, 7) is 3.00. The van der Waals surface area contributed by atoms with Crippen LogP contribution in [0.15, 0.2) is 47.2 Å². The lowest BCUT2D eigenvalue weighted by Crippen LogP contribution is -2.44. The van der Waals surface area contributed by atoms with Gasteiger partial charge in [0.05, 0.1) is 6.04 Å². The van der Waals surface area contributed by atoms with Gasteiger partial charge < -0.3 is 10.6 Å². The first-order chi connectivity index (χ1) is 12.7. The zero-order chi connectivity index (χ0) is 18.2. The second-order valence-corrected chi connectivity index (χ2v) is 7.30. The summed E-state index contributed by atoms with van der Waals surface area (Å²) in [6.07, 6.45) is 3.09. The number of likely N-dealkylation sites (tertiary alicyclic amines) is 1. The SMILES string of the molecule is O=C(NCCc1ccccc1)C(=O)NC[C@H](c1ccsc1)N1CCCC1. The summed E-state index contributed by atoms with van der Waals surface area (Å²) in [6, 6.07) is 12.1. The standard InChI is InChI=1S/C20H25N3O2S/c24-19(21-10-8-16-6-2-1-3-7-16)20(25)22-14-18(17-9-13-26-15-17)23-11-4-5-12-23/h1-3,6-7,9,13,15,18H,4-5,8,10-12,14H2,(H,21,24)(H,22,25)/t18-/m1/s1. The van der Waals surface area contributed by atoms with E-state index < -0.39 is 11.8 Å². The molecule has 0 aliphatic carbocycles. The molecule has 2 aromatic rings. The van der Waals surface area contributed by atoms with Gasteiger partial charge in [-0.15, -0.1) is 0 Å². The Hall–Kier alpha value is -2.18. The Bertz CT molecular complexity index is 697. The zero-order valence-corrected chi connectivity index (χ0v) is 15.6. The molecule has 2 amide bonds. The van der Waals surface area contributed by atoms with Gasteiger partial charge in [-0.25, -0.2) is 0 Å². The Labute approximate surface area is 158 Å². The number of carbonyl (C=O) groups is 2. The van der Waals surface area contributed by atoms with Crippen LogP contribution in [0.5, 0.6) is 0 Å². The molecule has 1 aliphatic heterocycles. The van der Waals surface area contributed by atoms with Crippen molar-refractivity contribution in [2.45, 2.75) is 25.3 Å². The van der Waals surface area contributed by atoms with E-state index in [2.05, 4.69) is 32.4 Å². The predicted molar refractivity (Wildman–Crippen MR) is 104 cm³/mol. The van der Waals surface area contributed by atoms with E-state index in [1.807, 2.05) is 30.3 Å².